The van der Waals surface area contributed by atoms with Gasteiger partial charge in [0.1, 0.15) is 11.3 Å². The summed E-state index contributed by atoms with van der Waals surface area (Å²) >= 11 is 7.38. The number of hydrogen-bond acceptors (Lipinski definition) is 7. The lowest BCUT2D eigenvalue weighted by atomic mass is 10.0. The highest BCUT2D eigenvalue weighted by atomic mass is 35.5. The fourth-order valence-corrected chi connectivity index (χ4v) is 3.09. The second-order valence-electron chi connectivity index (χ2n) is 5.20. The number of benzene rings is 1. The first-order chi connectivity index (χ1) is 11.3. The number of carbonyl (C=O) groups excluding carboxylic acids is 1. The first-order valence-electron chi connectivity index (χ1n) is 6.82. The van der Waals surface area contributed by atoms with Crippen molar-refractivity contribution in [2.24, 2.45) is 0 Å². The number of esters is 1. The molecule has 1 aromatic heterocycles. The van der Waals surface area contributed by atoms with Crippen molar-refractivity contribution < 1.29 is 19.6 Å². The number of ether oxygens (including phenoxy) is 1. The van der Waals surface area contributed by atoms with Gasteiger partial charge in [0.2, 0.25) is 0 Å². The van der Waals surface area contributed by atoms with Gasteiger partial charge in [0, 0.05) is 17.5 Å². The molecule has 24 heavy (non-hydrogen) atoms. The maximum atomic E-state index is 11.6. The first-order valence-corrected chi connectivity index (χ1v) is 8.08. The minimum absolute atomic E-state index is 0.0192. The Morgan fingerprint density at radius 2 is 2.25 bits per heavy atom. The molecule has 2 aromatic rings. The summed E-state index contributed by atoms with van der Waals surface area (Å²) in [6.07, 6.45) is 0. The van der Waals surface area contributed by atoms with Crippen molar-refractivity contribution in [2.75, 3.05) is 19.0 Å². The van der Waals surface area contributed by atoms with Gasteiger partial charge in [0.15, 0.2) is 0 Å². The third-order valence-corrected chi connectivity index (χ3v) is 4.80. The molecule has 0 radical (unpaired) electrons. The number of anilines is 1. The fourth-order valence-electron chi connectivity index (χ4n) is 2.06. The predicted octanol–water partition coefficient (Wildman–Crippen LogP) is 3.42. The van der Waals surface area contributed by atoms with E-state index in [0.29, 0.717) is 0 Å². The van der Waals surface area contributed by atoms with Gasteiger partial charge in [0.05, 0.1) is 22.6 Å². The molecule has 1 unspecified atom stereocenters. The van der Waals surface area contributed by atoms with E-state index in [1.54, 1.807) is 19.1 Å². The molecule has 0 spiro atoms. The van der Waals surface area contributed by atoms with Gasteiger partial charge in [-0.3, -0.25) is 10.1 Å². The van der Waals surface area contributed by atoms with Gasteiger partial charge in [-0.1, -0.05) is 17.7 Å². The summed E-state index contributed by atoms with van der Waals surface area (Å²) in [5.41, 5.74) is -1.53. The van der Waals surface area contributed by atoms with E-state index in [-0.39, 0.29) is 28.5 Å². The standard InChI is InChI=1S/C15H15ClN2O5S/c1-15(20,13-4-3-5-24-13)8-17-11-7-10(16)9(14(19)23-2)6-12(11)18(21)22/h3-7,17,20H,8H2,1-2H3. The number of aliphatic hydroxyl groups is 1. The van der Waals surface area contributed by atoms with Gasteiger partial charge < -0.3 is 15.2 Å². The Labute approximate surface area is 147 Å². The zero-order valence-corrected chi connectivity index (χ0v) is 14.5. The monoisotopic (exact) mass is 370 g/mol. The van der Waals surface area contributed by atoms with Crippen LogP contribution in [0, 0.1) is 10.1 Å². The minimum atomic E-state index is -1.21. The number of thiophene rings is 1. The molecule has 1 heterocycles. The number of carbonyl (C=O) groups is 1. The van der Waals surface area contributed by atoms with Crippen molar-refractivity contribution >= 4 is 40.3 Å². The van der Waals surface area contributed by atoms with E-state index >= 15 is 0 Å². The van der Waals surface area contributed by atoms with Crippen molar-refractivity contribution in [1.82, 2.24) is 0 Å². The average molecular weight is 371 g/mol. The normalized spacial score (nSPS) is 13.2. The van der Waals surface area contributed by atoms with E-state index in [1.165, 1.54) is 17.4 Å². The van der Waals surface area contributed by atoms with Crippen LogP contribution in [0.25, 0.3) is 0 Å². The largest absolute Gasteiger partial charge is 0.465 e. The second-order valence-corrected chi connectivity index (χ2v) is 6.56. The molecule has 0 aliphatic carbocycles. The van der Waals surface area contributed by atoms with E-state index in [4.69, 9.17) is 11.6 Å². The number of nitro benzene ring substituents is 1. The van der Waals surface area contributed by atoms with Crippen LogP contribution < -0.4 is 5.32 Å². The second kappa shape index (κ2) is 7.16. The van der Waals surface area contributed by atoms with Gasteiger partial charge in [-0.15, -0.1) is 11.3 Å². The number of methoxy groups -OCH3 is 1. The Kier molecular flexibility index (Phi) is 5.43. The van der Waals surface area contributed by atoms with Crippen molar-refractivity contribution in [3.8, 4) is 0 Å². The summed E-state index contributed by atoms with van der Waals surface area (Å²) in [6.45, 7) is 1.63. The van der Waals surface area contributed by atoms with Crippen LogP contribution in [-0.2, 0) is 10.3 Å². The number of nitro groups is 1. The molecule has 0 saturated carbocycles. The molecule has 2 rings (SSSR count). The summed E-state index contributed by atoms with van der Waals surface area (Å²) in [7, 11) is 1.16. The Morgan fingerprint density at radius 3 is 2.79 bits per heavy atom. The zero-order chi connectivity index (χ0) is 17.9. The summed E-state index contributed by atoms with van der Waals surface area (Å²) in [5, 5.41) is 26.4. The molecule has 1 atom stereocenters. The van der Waals surface area contributed by atoms with Crippen molar-refractivity contribution in [3.63, 3.8) is 0 Å². The molecule has 0 saturated heterocycles. The molecular weight excluding hydrogens is 356 g/mol. The van der Waals surface area contributed by atoms with Gasteiger partial charge in [-0.2, -0.15) is 0 Å². The minimum Gasteiger partial charge on any atom is -0.465 e. The van der Waals surface area contributed by atoms with Gasteiger partial charge in [-0.25, -0.2) is 4.79 Å². The van der Waals surface area contributed by atoms with E-state index < -0.39 is 16.5 Å². The molecular formula is C15H15ClN2O5S. The van der Waals surface area contributed by atoms with Crippen LogP contribution in [0.5, 0.6) is 0 Å². The highest BCUT2D eigenvalue weighted by Gasteiger charge is 2.27. The molecule has 0 amide bonds. The average Bonchev–Trinajstić information content (AvgIpc) is 3.07. The number of halogens is 1. The Morgan fingerprint density at radius 1 is 1.54 bits per heavy atom. The van der Waals surface area contributed by atoms with E-state index in [9.17, 15) is 20.0 Å². The highest BCUT2D eigenvalue weighted by molar-refractivity contribution is 7.10. The number of nitrogens with one attached hydrogen (secondary N) is 1. The van der Waals surface area contributed by atoms with Crippen molar-refractivity contribution in [3.05, 3.63) is 55.2 Å². The van der Waals surface area contributed by atoms with Crippen LogP contribution in [0.4, 0.5) is 11.4 Å². The fraction of sp³-hybridized carbons (Fsp3) is 0.267. The van der Waals surface area contributed by atoms with E-state index in [1.807, 2.05) is 5.38 Å². The topological polar surface area (TPSA) is 102 Å². The summed E-state index contributed by atoms with van der Waals surface area (Å²) in [5.74, 6) is -0.764. The van der Waals surface area contributed by atoms with Gasteiger partial charge >= 0.3 is 5.97 Å². The van der Waals surface area contributed by atoms with Gasteiger partial charge in [-0.05, 0) is 24.4 Å². The molecule has 1 aromatic carbocycles. The van der Waals surface area contributed by atoms with Gasteiger partial charge in [0.25, 0.3) is 5.69 Å². The first kappa shape index (κ1) is 18.2. The third kappa shape index (κ3) is 3.84. The van der Waals surface area contributed by atoms with Crippen molar-refractivity contribution in [1.29, 1.82) is 0 Å². The summed E-state index contributed by atoms with van der Waals surface area (Å²) in [4.78, 5) is 22.9. The van der Waals surface area contributed by atoms with Crippen LogP contribution in [0.1, 0.15) is 22.2 Å². The van der Waals surface area contributed by atoms with Crippen LogP contribution in [0.3, 0.4) is 0 Å². The highest BCUT2D eigenvalue weighted by Crippen LogP contribution is 2.33. The third-order valence-electron chi connectivity index (χ3n) is 3.36. The molecule has 2 N–H and O–H groups in total. The molecule has 0 fully saturated rings. The van der Waals surface area contributed by atoms with Crippen LogP contribution in [0.2, 0.25) is 5.02 Å². The van der Waals surface area contributed by atoms with E-state index in [2.05, 4.69) is 10.1 Å². The SMILES string of the molecule is COC(=O)c1cc([N+](=O)[O-])c(NCC(C)(O)c2cccs2)cc1Cl. The molecule has 0 aliphatic heterocycles. The summed E-state index contributed by atoms with van der Waals surface area (Å²) < 4.78 is 4.55. The maximum absolute atomic E-state index is 11.6. The Balaban J connectivity index is 2.31. The molecule has 0 bridgehead atoms. The number of hydrogen-bond donors (Lipinski definition) is 2. The Bertz CT molecular complexity index is 761. The quantitative estimate of drug-likeness (QED) is 0.459. The smallest absolute Gasteiger partial charge is 0.339 e. The predicted molar refractivity (Wildman–Crippen MR) is 91.8 cm³/mol. The molecule has 0 aliphatic rings. The molecule has 7 nitrogen and oxygen atoms in total. The summed E-state index contributed by atoms with van der Waals surface area (Å²) in [6, 6.07) is 5.90. The van der Waals surface area contributed by atoms with Crippen LogP contribution in [-0.4, -0.2) is 29.7 Å². The Hall–Kier alpha value is -2.16. The molecule has 9 heteroatoms. The van der Waals surface area contributed by atoms with Crippen LogP contribution in [0.15, 0.2) is 29.6 Å². The maximum Gasteiger partial charge on any atom is 0.339 e. The van der Waals surface area contributed by atoms with E-state index in [0.717, 1.165) is 18.1 Å². The molecule has 128 valence electrons. The lowest BCUT2D eigenvalue weighted by molar-refractivity contribution is -0.384. The zero-order valence-electron chi connectivity index (χ0n) is 12.9. The lowest BCUT2D eigenvalue weighted by Gasteiger charge is -2.23. The van der Waals surface area contributed by atoms with Crippen LogP contribution >= 0.6 is 22.9 Å². The van der Waals surface area contributed by atoms with Crippen molar-refractivity contribution in [2.45, 2.75) is 12.5 Å². The lowest BCUT2D eigenvalue weighted by Crippen LogP contribution is -2.30. The number of rotatable bonds is 6. The number of nitrogens with zero attached hydrogens (tertiary/aromatic N) is 1.